The topological polar surface area (TPSA) is 15.3 Å². The summed E-state index contributed by atoms with van der Waals surface area (Å²) in [6.07, 6.45) is 3.69. The molecule has 0 bridgehead atoms. The number of rotatable bonds is 3. The zero-order valence-electron chi connectivity index (χ0n) is 9.63. The lowest BCUT2D eigenvalue weighted by molar-refractivity contribution is 0.547. The lowest BCUT2D eigenvalue weighted by atomic mass is 10.2. The average molecular weight is 255 g/mol. The number of hydrogen-bond donors (Lipinski definition) is 1. The SMILES string of the molecule is Fc1cc(Cl)ccc1N1CCC(NC2CC2)C1. The number of halogens is 2. The van der Waals surface area contributed by atoms with E-state index in [1.165, 1.54) is 18.9 Å². The maximum absolute atomic E-state index is 13.8. The maximum Gasteiger partial charge on any atom is 0.147 e. The van der Waals surface area contributed by atoms with Crippen LogP contribution in [0.5, 0.6) is 0 Å². The first-order chi connectivity index (χ1) is 8.22. The van der Waals surface area contributed by atoms with E-state index in [2.05, 4.69) is 10.2 Å². The quantitative estimate of drug-likeness (QED) is 0.892. The van der Waals surface area contributed by atoms with Crippen molar-refractivity contribution in [2.45, 2.75) is 31.3 Å². The van der Waals surface area contributed by atoms with Gasteiger partial charge in [-0.1, -0.05) is 11.6 Å². The second-order valence-electron chi connectivity index (χ2n) is 4.97. The zero-order valence-corrected chi connectivity index (χ0v) is 10.4. The third kappa shape index (κ3) is 2.55. The van der Waals surface area contributed by atoms with Crippen molar-refractivity contribution in [3.8, 4) is 0 Å². The molecule has 17 heavy (non-hydrogen) atoms. The predicted octanol–water partition coefficient (Wildman–Crippen LogP) is 2.81. The lowest BCUT2D eigenvalue weighted by Gasteiger charge is -2.19. The van der Waals surface area contributed by atoms with E-state index in [0.717, 1.165) is 25.6 Å². The van der Waals surface area contributed by atoms with Crippen LogP contribution in [-0.2, 0) is 0 Å². The fourth-order valence-corrected chi connectivity index (χ4v) is 2.59. The predicted molar refractivity (Wildman–Crippen MR) is 68.2 cm³/mol. The molecule has 1 N–H and O–H groups in total. The number of anilines is 1. The van der Waals surface area contributed by atoms with Gasteiger partial charge in [-0.25, -0.2) is 4.39 Å². The summed E-state index contributed by atoms with van der Waals surface area (Å²) >= 11 is 5.76. The highest BCUT2D eigenvalue weighted by Gasteiger charge is 2.29. The first-order valence-electron chi connectivity index (χ1n) is 6.18. The van der Waals surface area contributed by atoms with Gasteiger partial charge < -0.3 is 10.2 Å². The lowest BCUT2D eigenvalue weighted by Crippen LogP contribution is -2.34. The van der Waals surface area contributed by atoms with E-state index in [1.807, 2.05) is 0 Å². The van der Waals surface area contributed by atoms with E-state index in [9.17, 15) is 4.39 Å². The molecule has 1 aromatic rings. The Hall–Kier alpha value is -0.800. The van der Waals surface area contributed by atoms with Gasteiger partial charge in [-0.15, -0.1) is 0 Å². The van der Waals surface area contributed by atoms with Crippen LogP contribution in [0.1, 0.15) is 19.3 Å². The van der Waals surface area contributed by atoms with Gasteiger partial charge in [0.2, 0.25) is 0 Å². The van der Waals surface area contributed by atoms with Gasteiger partial charge in [-0.3, -0.25) is 0 Å². The molecular formula is C13H16ClFN2. The van der Waals surface area contributed by atoms with Gasteiger partial charge in [0.25, 0.3) is 0 Å². The van der Waals surface area contributed by atoms with Gasteiger partial charge in [-0.05, 0) is 37.5 Å². The molecule has 92 valence electrons. The van der Waals surface area contributed by atoms with Crippen LogP contribution in [0.2, 0.25) is 5.02 Å². The van der Waals surface area contributed by atoms with Crippen LogP contribution < -0.4 is 10.2 Å². The van der Waals surface area contributed by atoms with Crippen LogP contribution in [0.25, 0.3) is 0 Å². The van der Waals surface area contributed by atoms with Crippen molar-refractivity contribution in [2.75, 3.05) is 18.0 Å². The van der Waals surface area contributed by atoms with E-state index >= 15 is 0 Å². The van der Waals surface area contributed by atoms with Gasteiger partial charge in [0.1, 0.15) is 5.82 Å². The maximum atomic E-state index is 13.8. The summed E-state index contributed by atoms with van der Waals surface area (Å²) in [4.78, 5) is 2.10. The minimum atomic E-state index is -0.218. The van der Waals surface area contributed by atoms with Crippen LogP contribution in [0.3, 0.4) is 0 Å². The normalized spacial score (nSPS) is 24.4. The molecule has 2 aliphatic rings. The van der Waals surface area contributed by atoms with E-state index in [-0.39, 0.29) is 5.82 Å². The third-order valence-electron chi connectivity index (χ3n) is 3.49. The summed E-state index contributed by atoms with van der Waals surface area (Å²) in [5, 5.41) is 4.05. The standard InChI is InChI=1S/C13H16ClFN2/c14-9-1-4-13(12(15)7-9)17-6-5-11(8-17)16-10-2-3-10/h1,4,7,10-11,16H,2-3,5-6,8H2. The third-order valence-corrected chi connectivity index (χ3v) is 3.72. The highest BCUT2D eigenvalue weighted by atomic mass is 35.5. The zero-order chi connectivity index (χ0) is 11.8. The van der Waals surface area contributed by atoms with Crippen LogP contribution in [0.4, 0.5) is 10.1 Å². The van der Waals surface area contributed by atoms with Gasteiger partial charge >= 0.3 is 0 Å². The van der Waals surface area contributed by atoms with Gasteiger partial charge in [0.15, 0.2) is 0 Å². The van der Waals surface area contributed by atoms with E-state index in [0.29, 0.717) is 16.8 Å². The molecule has 0 spiro atoms. The van der Waals surface area contributed by atoms with Crippen LogP contribution >= 0.6 is 11.6 Å². The Labute approximate surface area is 106 Å². The van der Waals surface area contributed by atoms with E-state index in [4.69, 9.17) is 11.6 Å². The van der Waals surface area contributed by atoms with Crippen molar-refractivity contribution in [1.29, 1.82) is 0 Å². The van der Waals surface area contributed by atoms with Crippen molar-refractivity contribution in [1.82, 2.24) is 5.32 Å². The Kier molecular flexibility index (Phi) is 2.97. The molecule has 1 aliphatic carbocycles. The molecular weight excluding hydrogens is 239 g/mol. The smallest absolute Gasteiger partial charge is 0.147 e. The highest BCUT2D eigenvalue weighted by Crippen LogP contribution is 2.27. The van der Waals surface area contributed by atoms with Gasteiger partial charge in [0, 0.05) is 30.2 Å². The summed E-state index contributed by atoms with van der Waals surface area (Å²) in [7, 11) is 0. The van der Waals surface area contributed by atoms with Crippen molar-refractivity contribution in [2.24, 2.45) is 0 Å². The first kappa shape index (κ1) is 11.3. The Morgan fingerprint density at radius 2 is 2.06 bits per heavy atom. The van der Waals surface area contributed by atoms with E-state index in [1.54, 1.807) is 12.1 Å². The second-order valence-corrected chi connectivity index (χ2v) is 5.40. The van der Waals surface area contributed by atoms with Crippen molar-refractivity contribution in [3.05, 3.63) is 29.0 Å². The monoisotopic (exact) mass is 254 g/mol. The Bertz CT molecular complexity index is 420. The van der Waals surface area contributed by atoms with Crippen molar-refractivity contribution in [3.63, 3.8) is 0 Å². The van der Waals surface area contributed by atoms with Gasteiger partial charge in [0.05, 0.1) is 5.69 Å². The molecule has 0 radical (unpaired) electrons. The molecule has 1 heterocycles. The van der Waals surface area contributed by atoms with Crippen molar-refractivity contribution < 1.29 is 4.39 Å². The van der Waals surface area contributed by atoms with Crippen LogP contribution in [0, 0.1) is 5.82 Å². The summed E-state index contributed by atoms with van der Waals surface area (Å²) in [5.41, 5.74) is 0.675. The molecule has 1 saturated carbocycles. The minimum absolute atomic E-state index is 0.218. The highest BCUT2D eigenvalue weighted by molar-refractivity contribution is 6.30. The van der Waals surface area contributed by atoms with Crippen LogP contribution in [0.15, 0.2) is 18.2 Å². The molecule has 1 atom stereocenters. The van der Waals surface area contributed by atoms with E-state index < -0.39 is 0 Å². The average Bonchev–Trinajstić information content (AvgIpc) is 2.96. The molecule has 1 aromatic carbocycles. The fraction of sp³-hybridized carbons (Fsp3) is 0.538. The number of nitrogens with zero attached hydrogens (tertiary/aromatic N) is 1. The number of benzene rings is 1. The minimum Gasteiger partial charge on any atom is -0.368 e. The second kappa shape index (κ2) is 4.46. The molecule has 1 aliphatic heterocycles. The molecule has 2 fully saturated rings. The summed E-state index contributed by atoms with van der Waals surface area (Å²) in [6.45, 7) is 1.82. The molecule has 2 nitrogen and oxygen atoms in total. The Balaban J connectivity index is 1.68. The molecule has 0 aromatic heterocycles. The largest absolute Gasteiger partial charge is 0.368 e. The molecule has 0 amide bonds. The summed E-state index contributed by atoms with van der Waals surface area (Å²) < 4.78 is 13.8. The fourth-order valence-electron chi connectivity index (χ4n) is 2.44. The molecule has 1 unspecified atom stereocenters. The number of nitrogens with one attached hydrogen (secondary N) is 1. The van der Waals surface area contributed by atoms with Crippen molar-refractivity contribution >= 4 is 17.3 Å². The Morgan fingerprint density at radius 3 is 2.76 bits per heavy atom. The molecule has 3 rings (SSSR count). The first-order valence-corrected chi connectivity index (χ1v) is 6.56. The summed E-state index contributed by atoms with van der Waals surface area (Å²) in [6, 6.07) is 6.14. The Morgan fingerprint density at radius 1 is 1.24 bits per heavy atom. The molecule has 4 heteroatoms. The van der Waals surface area contributed by atoms with Crippen LogP contribution in [-0.4, -0.2) is 25.2 Å². The number of hydrogen-bond acceptors (Lipinski definition) is 2. The van der Waals surface area contributed by atoms with Gasteiger partial charge in [-0.2, -0.15) is 0 Å². The molecule has 1 saturated heterocycles. The summed E-state index contributed by atoms with van der Waals surface area (Å²) in [5.74, 6) is -0.218.